The Balaban J connectivity index is 2.16. The summed E-state index contributed by atoms with van der Waals surface area (Å²) in [6, 6.07) is 12.6. The molecule has 0 spiro atoms. The SMILES string of the molecule is CCN(CC)S(=O)(=O)c1ccc(C(=O)Oc2ccc(Br)cc2)cc1. The summed E-state index contributed by atoms with van der Waals surface area (Å²) in [5, 5.41) is 0. The summed E-state index contributed by atoms with van der Waals surface area (Å²) in [7, 11) is -3.53. The number of benzene rings is 2. The number of ether oxygens (including phenoxy) is 1. The van der Waals surface area contributed by atoms with Crippen molar-refractivity contribution in [2.75, 3.05) is 13.1 Å². The predicted molar refractivity (Wildman–Crippen MR) is 95.6 cm³/mol. The van der Waals surface area contributed by atoms with Gasteiger partial charge in [-0.1, -0.05) is 29.8 Å². The minimum atomic E-state index is -3.53. The van der Waals surface area contributed by atoms with Crippen LogP contribution in [0.3, 0.4) is 0 Å². The highest BCUT2D eigenvalue weighted by atomic mass is 79.9. The normalized spacial score (nSPS) is 11.5. The van der Waals surface area contributed by atoms with Gasteiger partial charge in [-0.05, 0) is 48.5 Å². The summed E-state index contributed by atoms with van der Waals surface area (Å²) >= 11 is 3.31. The van der Waals surface area contributed by atoms with Crippen molar-refractivity contribution in [2.45, 2.75) is 18.7 Å². The van der Waals surface area contributed by atoms with E-state index in [1.54, 1.807) is 38.1 Å². The van der Waals surface area contributed by atoms with Crippen molar-refractivity contribution in [1.29, 1.82) is 0 Å². The van der Waals surface area contributed by atoms with Gasteiger partial charge in [-0.2, -0.15) is 4.31 Å². The Morgan fingerprint density at radius 3 is 2.04 bits per heavy atom. The van der Waals surface area contributed by atoms with Gasteiger partial charge in [0.1, 0.15) is 5.75 Å². The van der Waals surface area contributed by atoms with Crippen LogP contribution < -0.4 is 4.74 Å². The standard InChI is InChI=1S/C17H18BrNO4S/c1-3-19(4-2)24(21,22)16-11-5-13(6-12-16)17(20)23-15-9-7-14(18)8-10-15/h5-12H,3-4H2,1-2H3. The molecule has 0 atom stereocenters. The first kappa shape index (κ1) is 18.6. The topological polar surface area (TPSA) is 63.7 Å². The summed E-state index contributed by atoms with van der Waals surface area (Å²) in [5.74, 6) is -0.118. The third kappa shape index (κ3) is 4.23. The lowest BCUT2D eigenvalue weighted by Crippen LogP contribution is -2.30. The van der Waals surface area contributed by atoms with Gasteiger partial charge in [-0.15, -0.1) is 0 Å². The minimum Gasteiger partial charge on any atom is -0.423 e. The summed E-state index contributed by atoms with van der Waals surface area (Å²) < 4.78 is 32.3. The van der Waals surface area contributed by atoms with E-state index in [2.05, 4.69) is 15.9 Å². The fraction of sp³-hybridized carbons (Fsp3) is 0.235. The molecule has 2 aromatic carbocycles. The molecule has 0 saturated carbocycles. The second-order valence-corrected chi connectivity index (χ2v) is 7.81. The largest absolute Gasteiger partial charge is 0.423 e. The Bertz CT molecular complexity index is 797. The maximum absolute atomic E-state index is 12.4. The summed E-state index contributed by atoms with van der Waals surface area (Å²) in [4.78, 5) is 12.3. The molecule has 0 radical (unpaired) electrons. The van der Waals surface area contributed by atoms with Crippen LogP contribution in [-0.2, 0) is 10.0 Å². The van der Waals surface area contributed by atoms with Crippen molar-refractivity contribution in [3.63, 3.8) is 0 Å². The van der Waals surface area contributed by atoms with Gasteiger partial charge in [0, 0.05) is 17.6 Å². The molecule has 2 aromatic rings. The predicted octanol–water partition coefficient (Wildman–Crippen LogP) is 3.70. The van der Waals surface area contributed by atoms with Gasteiger partial charge in [0.25, 0.3) is 0 Å². The van der Waals surface area contributed by atoms with Crippen molar-refractivity contribution >= 4 is 31.9 Å². The lowest BCUT2D eigenvalue weighted by atomic mass is 10.2. The van der Waals surface area contributed by atoms with E-state index >= 15 is 0 Å². The van der Waals surface area contributed by atoms with Crippen LogP contribution >= 0.6 is 15.9 Å². The van der Waals surface area contributed by atoms with E-state index < -0.39 is 16.0 Å². The summed E-state index contributed by atoms with van der Waals surface area (Å²) in [6.45, 7) is 4.36. The zero-order valence-corrected chi connectivity index (χ0v) is 15.8. The number of hydrogen-bond donors (Lipinski definition) is 0. The van der Waals surface area contributed by atoms with Gasteiger partial charge in [-0.25, -0.2) is 13.2 Å². The molecule has 0 saturated heterocycles. The van der Waals surface area contributed by atoms with Gasteiger partial charge >= 0.3 is 5.97 Å². The molecule has 7 heteroatoms. The molecular formula is C17H18BrNO4S. The molecule has 0 fully saturated rings. The van der Waals surface area contributed by atoms with Gasteiger partial charge in [0.15, 0.2) is 0 Å². The monoisotopic (exact) mass is 411 g/mol. The van der Waals surface area contributed by atoms with Crippen molar-refractivity contribution in [3.8, 4) is 5.75 Å². The first-order chi connectivity index (χ1) is 11.4. The third-order valence-corrected chi connectivity index (χ3v) is 6.05. The maximum Gasteiger partial charge on any atom is 0.343 e. The van der Waals surface area contributed by atoms with Crippen LogP contribution in [0.4, 0.5) is 0 Å². The fourth-order valence-electron chi connectivity index (χ4n) is 2.14. The first-order valence-corrected chi connectivity index (χ1v) is 9.69. The number of rotatable bonds is 6. The van der Waals surface area contributed by atoms with Crippen molar-refractivity contribution in [3.05, 3.63) is 58.6 Å². The highest BCUT2D eigenvalue weighted by molar-refractivity contribution is 9.10. The van der Waals surface area contributed by atoms with Gasteiger partial charge < -0.3 is 4.74 Å². The first-order valence-electron chi connectivity index (χ1n) is 7.46. The molecule has 128 valence electrons. The van der Waals surface area contributed by atoms with Crippen molar-refractivity contribution < 1.29 is 17.9 Å². The molecule has 0 aliphatic heterocycles. The second kappa shape index (κ2) is 7.92. The van der Waals surface area contributed by atoms with Crippen LogP contribution in [0.2, 0.25) is 0 Å². The Kier molecular flexibility index (Phi) is 6.15. The van der Waals surface area contributed by atoms with Crippen LogP contribution in [0.1, 0.15) is 24.2 Å². The van der Waals surface area contributed by atoms with Crippen molar-refractivity contribution in [1.82, 2.24) is 4.31 Å². The highest BCUT2D eigenvalue weighted by Gasteiger charge is 2.21. The molecule has 0 N–H and O–H groups in total. The molecule has 24 heavy (non-hydrogen) atoms. The lowest BCUT2D eigenvalue weighted by molar-refractivity contribution is 0.0734. The van der Waals surface area contributed by atoms with Crippen LogP contribution in [0.25, 0.3) is 0 Å². The van der Waals surface area contributed by atoms with Gasteiger partial charge in [-0.3, -0.25) is 0 Å². The van der Waals surface area contributed by atoms with Crippen LogP contribution in [0.15, 0.2) is 57.9 Å². The minimum absolute atomic E-state index is 0.159. The Morgan fingerprint density at radius 1 is 1.00 bits per heavy atom. The van der Waals surface area contributed by atoms with E-state index in [1.165, 1.54) is 28.6 Å². The molecule has 0 unspecified atom stereocenters. The average molecular weight is 412 g/mol. The number of nitrogens with zero attached hydrogens (tertiary/aromatic N) is 1. The average Bonchev–Trinajstić information content (AvgIpc) is 2.58. The number of carbonyl (C=O) groups is 1. The zero-order valence-electron chi connectivity index (χ0n) is 13.4. The van der Waals surface area contributed by atoms with E-state index in [0.717, 1.165) is 4.47 Å². The third-order valence-electron chi connectivity index (χ3n) is 3.46. The fourth-order valence-corrected chi connectivity index (χ4v) is 3.87. The quantitative estimate of drug-likeness (QED) is 0.536. The number of esters is 1. The van der Waals surface area contributed by atoms with E-state index in [4.69, 9.17) is 4.74 Å². The number of hydrogen-bond acceptors (Lipinski definition) is 4. The number of halogens is 1. The molecule has 0 amide bonds. The van der Waals surface area contributed by atoms with E-state index in [1.807, 2.05) is 0 Å². The number of carbonyl (C=O) groups excluding carboxylic acids is 1. The second-order valence-electron chi connectivity index (χ2n) is 4.96. The Morgan fingerprint density at radius 2 is 1.54 bits per heavy atom. The maximum atomic E-state index is 12.4. The van der Waals surface area contributed by atoms with Gasteiger partial charge in [0.2, 0.25) is 10.0 Å². The molecule has 5 nitrogen and oxygen atoms in total. The van der Waals surface area contributed by atoms with Crippen LogP contribution in [0.5, 0.6) is 5.75 Å². The highest BCUT2D eigenvalue weighted by Crippen LogP contribution is 2.19. The molecular weight excluding hydrogens is 394 g/mol. The van der Waals surface area contributed by atoms with E-state index in [9.17, 15) is 13.2 Å². The molecule has 0 aliphatic rings. The lowest BCUT2D eigenvalue weighted by Gasteiger charge is -2.18. The van der Waals surface area contributed by atoms with Gasteiger partial charge in [0.05, 0.1) is 10.5 Å². The molecule has 2 rings (SSSR count). The van der Waals surface area contributed by atoms with Crippen molar-refractivity contribution in [2.24, 2.45) is 0 Å². The Hall–Kier alpha value is -1.70. The summed E-state index contributed by atoms with van der Waals surface area (Å²) in [5.41, 5.74) is 0.288. The molecule has 0 bridgehead atoms. The Labute approximate surface area is 150 Å². The zero-order chi connectivity index (χ0) is 17.7. The number of sulfonamides is 1. The van der Waals surface area contributed by atoms with Crippen LogP contribution in [0, 0.1) is 0 Å². The molecule has 0 heterocycles. The summed E-state index contributed by atoms with van der Waals surface area (Å²) in [6.07, 6.45) is 0. The molecule has 0 aliphatic carbocycles. The van der Waals surface area contributed by atoms with Crippen LogP contribution in [-0.4, -0.2) is 31.8 Å². The van der Waals surface area contributed by atoms with E-state index in [0.29, 0.717) is 18.8 Å². The van der Waals surface area contributed by atoms with E-state index in [-0.39, 0.29) is 10.5 Å². The molecule has 0 aromatic heterocycles. The smallest absolute Gasteiger partial charge is 0.343 e.